The number of likely N-dealkylation sites (tertiary alicyclic amines) is 1. The van der Waals surface area contributed by atoms with Crippen LogP contribution in [0.1, 0.15) is 45.1 Å². The minimum atomic E-state index is -3.29. The van der Waals surface area contributed by atoms with E-state index in [1.54, 1.807) is 0 Å². The van der Waals surface area contributed by atoms with Gasteiger partial charge in [0.2, 0.25) is 10.0 Å². The second-order valence-corrected chi connectivity index (χ2v) is 9.48. The zero-order valence-corrected chi connectivity index (χ0v) is 16.1. The average molecular weight is 366 g/mol. The number of rotatable bonds is 7. The lowest BCUT2D eigenvalue weighted by molar-refractivity contribution is 0.141. The van der Waals surface area contributed by atoms with E-state index in [2.05, 4.69) is 28.8 Å². The van der Waals surface area contributed by atoms with Gasteiger partial charge in [0, 0.05) is 24.2 Å². The Morgan fingerprint density at radius 2 is 1.68 bits per heavy atom. The fraction of sp³-hybridized carbons (Fsp3) is 0.684. The highest BCUT2D eigenvalue weighted by Crippen LogP contribution is 2.24. The number of benzene rings is 1. The van der Waals surface area contributed by atoms with Crippen LogP contribution in [0.5, 0.6) is 0 Å². The molecular weight excluding hydrogens is 334 g/mol. The maximum absolute atomic E-state index is 12.4. The molecule has 2 fully saturated rings. The molecule has 0 spiro atoms. The van der Waals surface area contributed by atoms with E-state index in [1.807, 2.05) is 30.3 Å². The van der Waals surface area contributed by atoms with Gasteiger partial charge < -0.3 is 10.2 Å². The van der Waals surface area contributed by atoms with Crippen LogP contribution in [0.3, 0.4) is 0 Å². The Labute approximate surface area is 152 Å². The minimum Gasteiger partial charge on any atom is -0.310 e. The topological polar surface area (TPSA) is 61.4 Å². The van der Waals surface area contributed by atoms with Crippen LogP contribution in [0.2, 0.25) is 0 Å². The summed E-state index contributed by atoms with van der Waals surface area (Å²) >= 11 is 0. The first-order chi connectivity index (χ1) is 11.9. The highest BCUT2D eigenvalue weighted by atomic mass is 32.2. The van der Waals surface area contributed by atoms with Crippen LogP contribution in [-0.2, 0) is 15.8 Å². The van der Waals surface area contributed by atoms with E-state index in [4.69, 9.17) is 0 Å². The van der Waals surface area contributed by atoms with Gasteiger partial charge in [0.05, 0.1) is 5.75 Å². The van der Waals surface area contributed by atoms with Gasteiger partial charge in [-0.2, -0.15) is 0 Å². The summed E-state index contributed by atoms with van der Waals surface area (Å²) in [5, 5.41) is 3.70. The highest BCUT2D eigenvalue weighted by Gasteiger charge is 2.35. The van der Waals surface area contributed by atoms with Gasteiger partial charge in [0.1, 0.15) is 0 Å². The summed E-state index contributed by atoms with van der Waals surface area (Å²) in [5.41, 5.74) is 0.833. The summed E-state index contributed by atoms with van der Waals surface area (Å²) in [6.45, 7) is 6.76. The van der Waals surface area contributed by atoms with Crippen molar-refractivity contribution in [2.24, 2.45) is 0 Å². The fourth-order valence-electron chi connectivity index (χ4n) is 3.79. The van der Waals surface area contributed by atoms with Crippen LogP contribution >= 0.6 is 0 Å². The third-order valence-electron chi connectivity index (χ3n) is 5.51. The first-order valence-corrected chi connectivity index (χ1v) is 11.1. The zero-order chi connectivity index (χ0) is 17.9. The molecule has 5 nitrogen and oxygen atoms in total. The average Bonchev–Trinajstić information content (AvgIpc) is 2.58. The first-order valence-electron chi connectivity index (χ1n) is 9.47. The van der Waals surface area contributed by atoms with E-state index in [9.17, 15) is 8.42 Å². The SMILES string of the molecule is CC(C)N1CCC(N[C@@H]2CC[C@@H]2NS(=O)(=O)Cc2ccccc2)CC1. The summed E-state index contributed by atoms with van der Waals surface area (Å²) in [5.74, 6) is 0.0594. The maximum Gasteiger partial charge on any atom is 0.216 e. The zero-order valence-electron chi connectivity index (χ0n) is 15.3. The van der Waals surface area contributed by atoms with Crippen molar-refractivity contribution in [2.45, 2.75) is 69.5 Å². The molecule has 1 saturated heterocycles. The second-order valence-electron chi connectivity index (χ2n) is 7.72. The Balaban J connectivity index is 1.46. The summed E-state index contributed by atoms with van der Waals surface area (Å²) in [7, 11) is -3.29. The van der Waals surface area contributed by atoms with Crippen LogP contribution < -0.4 is 10.0 Å². The van der Waals surface area contributed by atoms with Crippen molar-refractivity contribution in [3.8, 4) is 0 Å². The normalized spacial score (nSPS) is 25.9. The highest BCUT2D eigenvalue weighted by molar-refractivity contribution is 7.88. The van der Waals surface area contributed by atoms with Gasteiger partial charge in [0.25, 0.3) is 0 Å². The first kappa shape index (κ1) is 18.8. The van der Waals surface area contributed by atoms with Gasteiger partial charge in [-0.05, 0) is 58.2 Å². The predicted molar refractivity (Wildman–Crippen MR) is 102 cm³/mol. The van der Waals surface area contributed by atoms with Crippen molar-refractivity contribution in [1.29, 1.82) is 0 Å². The van der Waals surface area contributed by atoms with Crippen molar-refractivity contribution >= 4 is 10.0 Å². The smallest absolute Gasteiger partial charge is 0.216 e. The Hall–Kier alpha value is -0.950. The molecule has 0 unspecified atom stereocenters. The maximum atomic E-state index is 12.4. The minimum absolute atomic E-state index is 0.0387. The lowest BCUT2D eigenvalue weighted by Crippen LogP contribution is -2.60. The molecule has 0 aromatic heterocycles. The molecule has 2 N–H and O–H groups in total. The van der Waals surface area contributed by atoms with Gasteiger partial charge in [-0.25, -0.2) is 13.1 Å². The van der Waals surface area contributed by atoms with Gasteiger partial charge in [-0.15, -0.1) is 0 Å². The molecule has 1 aromatic rings. The number of nitrogens with zero attached hydrogens (tertiary/aromatic N) is 1. The van der Waals surface area contributed by atoms with E-state index in [-0.39, 0.29) is 17.8 Å². The molecule has 0 bridgehead atoms. The molecule has 1 saturated carbocycles. The molecule has 2 atom stereocenters. The third-order valence-corrected chi connectivity index (χ3v) is 6.89. The summed E-state index contributed by atoms with van der Waals surface area (Å²) in [6, 6.07) is 10.8. The lowest BCUT2D eigenvalue weighted by atomic mass is 9.86. The fourth-order valence-corrected chi connectivity index (χ4v) is 5.25. The van der Waals surface area contributed by atoms with Crippen molar-refractivity contribution in [3.05, 3.63) is 35.9 Å². The quantitative estimate of drug-likeness (QED) is 0.777. The number of nitrogens with one attached hydrogen (secondary N) is 2. The largest absolute Gasteiger partial charge is 0.310 e. The van der Waals surface area contributed by atoms with Crippen molar-refractivity contribution in [3.63, 3.8) is 0 Å². The summed E-state index contributed by atoms with van der Waals surface area (Å²) in [6.07, 6.45) is 4.29. The standard InChI is InChI=1S/C19H31N3O2S/c1-15(2)22-12-10-17(11-13-22)20-18-8-9-19(18)21-25(23,24)14-16-6-4-3-5-7-16/h3-7,15,17-21H,8-14H2,1-2H3/t18-,19+/m1/s1. The molecule has 0 radical (unpaired) electrons. The monoisotopic (exact) mass is 365 g/mol. The Morgan fingerprint density at radius 3 is 2.24 bits per heavy atom. The third kappa shape index (κ3) is 5.26. The van der Waals surface area contributed by atoms with E-state index in [0.29, 0.717) is 12.1 Å². The van der Waals surface area contributed by atoms with Gasteiger partial charge in [-0.3, -0.25) is 0 Å². The van der Waals surface area contributed by atoms with Crippen LogP contribution in [0.4, 0.5) is 0 Å². The molecule has 1 aliphatic carbocycles. The van der Waals surface area contributed by atoms with E-state index < -0.39 is 10.0 Å². The van der Waals surface area contributed by atoms with E-state index in [0.717, 1.165) is 44.3 Å². The van der Waals surface area contributed by atoms with Gasteiger partial charge in [-0.1, -0.05) is 30.3 Å². The van der Waals surface area contributed by atoms with Crippen molar-refractivity contribution < 1.29 is 8.42 Å². The van der Waals surface area contributed by atoms with Crippen molar-refractivity contribution in [2.75, 3.05) is 13.1 Å². The second kappa shape index (κ2) is 8.16. The number of sulfonamides is 1. The van der Waals surface area contributed by atoms with Crippen LogP contribution in [-0.4, -0.2) is 50.6 Å². The molecule has 1 aromatic carbocycles. The Morgan fingerprint density at radius 1 is 1.04 bits per heavy atom. The van der Waals surface area contributed by atoms with Gasteiger partial charge in [0.15, 0.2) is 0 Å². The molecule has 6 heteroatoms. The van der Waals surface area contributed by atoms with Crippen molar-refractivity contribution in [1.82, 2.24) is 14.9 Å². The number of hydrogen-bond donors (Lipinski definition) is 2. The molecule has 140 valence electrons. The Kier molecular flexibility index (Phi) is 6.15. The predicted octanol–water partition coefficient (Wildman–Crippen LogP) is 2.10. The van der Waals surface area contributed by atoms with Gasteiger partial charge >= 0.3 is 0 Å². The molecule has 0 amide bonds. The Bertz CT molecular complexity index is 640. The summed E-state index contributed by atoms with van der Waals surface area (Å²) in [4.78, 5) is 2.51. The summed E-state index contributed by atoms with van der Waals surface area (Å²) < 4.78 is 27.7. The molecule has 1 heterocycles. The molecule has 3 rings (SSSR count). The lowest BCUT2D eigenvalue weighted by Gasteiger charge is -2.42. The van der Waals surface area contributed by atoms with E-state index in [1.165, 1.54) is 0 Å². The molecule has 25 heavy (non-hydrogen) atoms. The number of hydrogen-bond acceptors (Lipinski definition) is 4. The van der Waals surface area contributed by atoms with Crippen LogP contribution in [0, 0.1) is 0 Å². The molecular formula is C19H31N3O2S. The van der Waals surface area contributed by atoms with Crippen LogP contribution in [0.25, 0.3) is 0 Å². The molecule has 2 aliphatic rings. The molecule has 1 aliphatic heterocycles. The van der Waals surface area contributed by atoms with Crippen LogP contribution in [0.15, 0.2) is 30.3 Å². The van der Waals surface area contributed by atoms with E-state index >= 15 is 0 Å². The number of piperidine rings is 1.